The first-order valence-corrected chi connectivity index (χ1v) is 7.05. The van der Waals surface area contributed by atoms with Gasteiger partial charge in [0.05, 0.1) is 0 Å². The number of benzene rings is 1. The van der Waals surface area contributed by atoms with E-state index in [1.54, 1.807) is 0 Å². The van der Waals surface area contributed by atoms with Crippen LogP contribution in [0.5, 0.6) is 0 Å². The molecule has 0 aromatic heterocycles. The van der Waals surface area contributed by atoms with Crippen LogP contribution < -0.4 is 5.32 Å². The molecule has 1 N–H and O–H groups in total. The highest BCUT2D eigenvalue weighted by atomic mass is 16.1. The van der Waals surface area contributed by atoms with E-state index in [9.17, 15) is 4.79 Å². The van der Waals surface area contributed by atoms with Crippen molar-refractivity contribution in [3.05, 3.63) is 70.5 Å². The zero-order chi connectivity index (χ0) is 14.5. The Hall–Kier alpha value is -2.09. The van der Waals surface area contributed by atoms with E-state index in [0.717, 1.165) is 29.7 Å². The van der Waals surface area contributed by atoms with E-state index in [1.807, 2.05) is 37.3 Å². The summed E-state index contributed by atoms with van der Waals surface area (Å²) >= 11 is 0. The van der Waals surface area contributed by atoms with Crippen LogP contribution in [0, 0.1) is 6.92 Å². The van der Waals surface area contributed by atoms with Crippen LogP contribution in [0.2, 0.25) is 0 Å². The van der Waals surface area contributed by atoms with Crippen molar-refractivity contribution in [3.8, 4) is 0 Å². The van der Waals surface area contributed by atoms with Crippen LogP contribution in [0.4, 0.5) is 0 Å². The Morgan fingerprint density at radius 1 is 1.25 bits per heavy atom. The molecule has 0 aliphatic heterocycles. The van der Waals surface area contributed by atoms with Gasteiger partial charge in [0.25, 0.3) is 5.91 Å². The van der Waals surface area contributed by atoms with Gasteiger partial charge in [-0.05, 0) is 56.0 Å². The van der Waals surface area contributed by atoms with E-state index < -0.39 is 0 Å². The molecule has 0 unspecified atom stereocenters. The number of carbonyl (C=O) groups excluding carboxylic acids is 1. The fourth-order valence-corrected chi connectivity index (χ4v) is 2.21. The highest BCUT2D eigenvalue weighted by molar-refractivity contribution is 5.97. The van der Waals surface area contributed by atoms with Crippen molar-refractivity contribution < 1.29 is 4.79 Å². The Kier molecular flexibility index (Phi) is 4.57. The van der Waals surface area contributed by atoms with Gasteiger partial charge >= 0.3 is 0 Å². The van der Waals surface area contributed by atoms with E-state index in [1.165, 1.54) is 11.1 Å². The third kappa shape index (κ3) is 3.47. The standard InChI is InChI=1S/C18H21NO/c1-4-15-9-11-17(14(3)12-15)18(20)19-16-7-5-6-13(2)8-10-16/h5,7-12H,4,6H2,1-3H3,(H,19,20). The Labute approximate surface area is 120 Å². The maximum absolute atomic E-state index is 12.3. The molecule has 1 aromatic rings. The molecule has 0 saturated carbocycles. The average molecular weight is 267 g/mol. The highest BCUT2D eigenvalue weighted by Crippen LogP contribution is 2.13. The highest BCUT2D eigenvalue weighted by Gasteiger charge is 2.10. The lowest BCUT2D eigenvalue weighted by atomic mass is 10.0. The molecule has 0 fully saturated rings. The third-order valence-corrected chi connectivity index (χ3v) is 3.49. The largest absolute Gasteiger partial charge is 0.322 e. The summed E-state index contributed by atoms with van der Waals surface area (Å²) in [6.07, 6.45) is 9.94. The summed E-state index contributed by atoms with van der Waals surface area (Å²) in [5.41, 5.74) is 5.14. The number of carbonyl (C=O) groups is 1. The summed E-state index contributed by atoms with van der Waals surface area (Å²) in [7, 11) is 0. The number of amides is 1. The molecule has 20 heavy (non-hydrogen) atoms. The first kappa shape index (κ1) is 14.3. The van der Waals surface area contributed by atoms with Gasteiger partial charge in [-0.2, -0.15) is 0 Å². The fourth-order valence-electron chi connectivity index (χ4n) is 2.21. The normalized spacial score (nSPS) is 14.3. The monoisotopic (exact) mass is 267 g/mol. The quantitative estimate of drug-likeness (QED) is 0.878. The Bertz CT molecular complexity index is 606. The second kappa shape index (κ2) is 6.38. The van der Waals surface area contributed by atoms with Crippen LogP contribution in [0.1, 0.15) is 41.8 Å². The van der Waals surface area contributed by atoms with Gasteiger partial charge in [0.15, 0.2) is 0 Å². The number of rotatable bonds is 3. The predicted molar refractivity (Wildman–Crippen MR) is 83.6 cm³/mol. The van der Waals surface area contributed by atoms with Crippen LogP contribution in [0.25, 0.3) is 0 Å². The molecule has 2 heteroatoms. The summed E-state index contributed by atoms with van der Waals surface area (Å²) in [4.78, 5) is 12.3. The van der Waals surface area contributed by atoms with Crippen LogP contribution >= 0.6 is 0 Å². The lowest BCUT2D eigenvalue weighted by Crippen LogP contribution is -2.22. The van der Waals surface area contributed by atoms with Crippen molar-refractivity contribution in [2.45, 2.75) is 33.6 Å². The van der Waals surface area contributed by atoms with Crippen molar-refractivity contribution in [3.63, 3.8) is 0 Å². The van der Waals surface area contributed by atoms with Crippen molar-refractivity contribution in [1.82, 2.24) is 5.32 Å². The third-order valence-electron chi connectivity index (χ3n) is 3.49. The van der Waals surface area contributed by atoms with Crippen LogP contribution in [-0.2, 0) is 6.42 Å². The lowest BCUT2D eigenvalue weighted by molar-refractivity contribution is 0.0966. The molecule has 0 saturated heterocycles. The molecule has 2 nitrogen and oxygen atoms in total. The average Bonchev–Trinajstić information content (AvgIpc) is 2.63. The number of allylic oxidation sites excluding steroid dienone is 5. The van der Waals surface area contributed by atoms with Gasteiger partial charge in [-0.1, -0.05) is 36.8 Å². The summed E-state index contributed by atoms with van der Waals surface area (Å²) in [5, 5.41) is 2.96. The molecule has 0 spiro atoms. The lowest BCUT2D eigenvalue weighted by Gasteiger charge is -2.09. The zero-order valence-electron chi connectivity index (χ0n) is 12.4. The van der Waals surface area contributed by atoms with E-state index in [2.05, 4.69) is 31.3 Å². The molecule has 1 aromatic carbocycles. The number of hydrogen-bond acceptors (Lipinski definition) is 1. The predicted octanol–water partition coefficient (Wildman–Crippen LogP) is 4.08. The van der Waals surface area contributed by atoms with Gasteiger partial charge in [-0.25, -0.2) is 0 Å². The minimum absolute atomic E-state index is 0.0472. The summed E-state index contributed by atoms with van der Waals surface area (Å²) in [5.74, 6) is -0.0472. The molecular formula is C18H21NO. The molecule has 0 atom stereocenters. The van der Waals surface area contributed by atoms with Gasteiger partial charge in [0.2, 0.25) is 0 Å². The maximum Gasteiger partial charge on any atom is 0.255 e. The van der Waals surface area contributed by atoms with Gasteiger partial charge in [0, 0.05) is 11.3 Å². The second-order valence-corrected chi connectivity index (χ2v) is 5.20. The molecule has 0 heterocycles. The van der Waals surface area contributed by atoms with E-state index in [4.69, 9.17) is 0 Å². The molecular weight excluding hydrogens is 246 g/mol. The molecule has 1 aliphatic rings. The van der Waals surface area contributed by atoms with Crippen LogP contribution in [0.3, 0.4) is 0 Å². The minimum atomic E-state index is -0.0472. The second-order valence-electron chi connectivity index (χ2n) is 5.20. The molecule has 104 valence electrons. The van der Waals surface area contributed by atoms with E-state index in [-0.39, 0.29) is 5.91 Å². The van der Waals surface area contributed by atoms with Crippen molar-refractivity contribution in [2.75, 3.05) is 0 Å². The van der Waals surface area contributed by atoms with Gasteiger partial charge in [-0.15, -0.1) is 0 Å². The first-order valence-electron chi connectivity index (χ1n) is 7.05. The summed E-state index contributed by atoms with van der Waals surface area (Å²) < 4.78 is 0. The summed E-state index contributed by atoms with van der Waals surface area (Å²) in [6.45, 7) is 6.18. The summed E-state index contributed by atoms with van der Waals surface area (Å²) in [6, 6.07) is 6.01. The topological polar surface area (TPSA) is 29.1 Å². The van der Waals surface area contributed by atoms with Crippen molar-refractivity contribution in [2.24, 2.45) is 0 Å². The molecule has 1 aliphatic carbocycles. The minimum Gasteiger partial charge on any atom is -0.322 e. The number of aryl methyl sites for hydroxylation is 2. The molecule has 2 rings (SSSR count). The molecule has 0 radical (unpaired) electrons. The molecule has 0 bridgehead atoms. The number of nitrogens with one attached hydrogen (secondary N) is 1. The van der Waals surface area contributed by atoms with E-state index >= 15 is 0 Å². The Morgan fingerprint density at radius 3 is 2.75 bits per heavy atom. The molecule has 1 amide bonds. The van der Waals surface area contributed by atoms with Crippen molar-refractivity contribution >= 4 is 5.91 Å². The van der Waals surface area contributed by atoms with Gasteiger partial charge in [-0.3, -0.25) is 4.79 Å². The van der Waals surface area contributed by atoms with Crippen LogP contribution in [0.15, 0.2) is 53.8 Å². The van der Waals surface area contributed by atoms with Crippen LogP contribution in [-0.4, -0.2) is 5.91 Å². The zero-order valence-corrected chi connectivity index (χ0v) is 12.4. The number of hydrogen-bond donors (Lipinski definition) is 1. The smallest absolute Gasteiger partial charge is 0.255 e. The van der Waals surface area contributed by atoms with E-state index in [0.29, 0.717) is 0 Å². The van der Waals surface area contributed by atoms with Crippen molar-refractivity contribution in [1.29, 1.82) is 0 Å². The Morgan fingerprint density at radius 2 is 2.05 bits per heavy atom. The fraction of sp³-hybridized carbons (Fsp3) is 0.278. The first-order chi connectivity index (χ1) is 9.60. The maximum atomic E-state index is 12.3. The Balaban J connectivity index is 2.16. The van der Waals surface area contributed by atoms with Gasteiger partial charge < -0.3 is 5.32 Å². The SMILES string of the molecule is CCc1ccc(C(=O)NC2=CC=C(C)CC=C2)c(C)c1. The van der Waals surface area contributed by atoms with Gasteiger partial charge in [0.1, 0.15) is 0 Å².